The fourth-order valence-corrected chi connectivity index (χ4v) is 1.63. The van der Waals surface area contributed by atoms with Crippen molar-refractivity contribution in [2.75, 3.05) is 0 Å². The zero-order valence-electron chi connectivity index (χ0n) is 10.6. The topological polar surface area (TPSA) is 125 Å². The SMILES string of the molecule is Cn1cnc2nc[nH]c2c1=N.c1ncc2[nH]cnc2n1. The standard InChI is InChI=1S/C6H7N5.C5H4N4/c1-11-3-10-6-4(5(11)7)8-2-9-6;1-4-5(8-2-6-1)9-3-7-4/h2-3,7H,1H3,(H,8,9);1-3H,(H,6,7,8,9). The molecule has 0 bridgehead atoms. The number of aryl methyl sites for hydroxylation is 1. The van der Waals surface area contributed by atoms with Gasteiger partial charge in [0.05, 0.1) is 25.2 Å². The molecule has 4 aromatic heterocycles. The van der Waals surface area contributed by atoms with Gasteiger partial charge in [0.25, 0.3) is 0 Å². The molecule has 0 aliphatic carbocycles. The van der Waals surface area contributed by atoms with Crippen LogP contribution in [-0.2, 0) is 7.05 Å². The van der Waals surface area contributed by atoms with Gasteiger partial charge in [0, 0.05) is 7.05 Å². The molecule has 0 unspecified atom stereocenters. The lowest BCUT2D eigenvalue weighted by Crippen LogP contribution is -2.17. The van der Waals surface area contributed by atoms with Gasteiger partial charge in [0.15, 0.2) is 16.8 Å². The van der Waals surface area contributed by atoms with Crippen LogP contribution >= 0.6 is 0 Å². The van der Waals surface area contributed by atoms with E-state index in [2.05, 4.69) is 34.9 Å². The van der Waals surface area contributed by atoms with Crippen molar-refractivity contribution in [3.8, 4) is 0 Å². The van der Waals surface area contributed by atoms with E-state index < -0.39 is 0 Å². The molecule has 0 fully saturated rings. The maximum absolute atomic E-state index is 7.56. The van der Waals surface area contributed by atoms with Crippen LogP contribution in [0.4, 0.5) is 0 Å². The van der Waals surface area contributed by atoms with Crippen LogP contribution in [0.15, 0.2) is 31.5 Å². The van der Waals surface area contributed by atoms with Gasteiger partial charge in [0.2, 0.25) is 0 Å². The third kappa shape index (κ3) is 2.11. The molecule has 0 atom stereocenters. The fraction of sp³-hybridized carbons (Fsp3) is 0.0909. The number of nitrogens with zero attached hydrogens (tertiary/aromatic N) is 6. The second-order valence-corrected chi connectivity index (χ2v) is 3.97. The molecule has 3 N–H and O–H groups in total. The Balaban J connectivity index is 0.000000123. The number of rotatable bonds is 0. The monoisotopic (exact) mass is 269 g/mol. The van der Waals surface area contributed by atoms with E-state index in [0.717, 1.165) is 5.52 Å². The average molecular weight is 269 g/mol. The summed E-state index contributed by atoms with van der Waals surface area (Å²) < 4.78 is 1.63. The highest BCUT2D eigenvalue weighted by Gasteiger charge is 1.98. The van der Waals surface area contributed by atoms with Crippen molar-refractivity contribution < 1.29 is 0 Å². The number of H-pyrrole nitrogens is 2. The van der Waals surface area contributed by atoms with Crippen LogP contribution in [0.1, 0.15) is 0 Å². The van der Waals surface area contributed by atoms with Crippen molar-refractivity contribution in [3.05, 3.63) is 37.0 Å². The number of hydrogen-bond acceptors (Lipinski definition) is 6. The number of aromatic nitrogens is 8. The second-order valence-electron chi connectivity index (χ2n) is 3.97. The summed E-state index contributed by atoms with van der Waals surface area (Å²) in [6.45, 7) is 0. The predicted molar refractivity (Wildman–Crippen MR) is 70.4 cm³/mol. The summed E-state index contributed by atoms with van der Waals surface area (Å²) in [5, 5.41) is 7.56. The third-order valence-electron chi connectivity index (χ3n) is 2.66. The quantitative estimate of drug-likeness (QED) is 0.418. The van der Waals surface area contributed by atoms with Gasteiger partial charge in [-0.3, -0.25) is 5.41 Å². The summed E-state index contributed by atoms with van der Waals surface area (Å²) in [7, 11) is 1.77. The maximum Gasteiger partial charge on any atom is 0.182 e. The highest BCUT2D eigenvalue weighted by atomic mass is 15.1. The Kier molecular flexibility index (Phi) is 2.92. The Morgan fingerprint density at radius 2 is 1.85 bits per heavy atom. The molecule has 20 heavy (non-hydrogen) atoms. The van der Waals surface area contributed by atoms with E-state index in [9.17, 15) is 0 Å². The molecule has 0 aliphatic heterocycles. The lowest BCUT2D eigenvalue weighted by molar-refractivity contribution is 0.802. The summed E-state index contributed by atoms with van der Waals surface area (Å²) in [6.07, 6.45) is 7.87. The van der Waals surface area contributed by atoms with Crippen LogP contribution in [0, 0.1) is 5.41 Å². The molecule has 0 saturated carbocycles. The van der Waals surface area contributed by atoms with Crippen molar-refractivity contribution in [3.63, 3.8) is 0 Å². The van der Waals surface area contributed by atoms with E-state index in [1.807, 2.05) is 0 Å². The predicted octanol–water partition coefficient (Wildman–Crippen LogP) is 0.129. The Morgan fingerprint density at radius 1 is 1.05 bits per heavy atom. The first-order chi connectivity index (χ1) is 9.75. The van der Waals surface area contributed by atoms with Gasteiger partial charge < -0.3 is 14.5 Å². The Bertz CT molecular complexity index is 870. The highest BCUT2D eigenvalue weighted by molar-refractivity contribution is 5.67. The van der Waals surface area contributed by atoms with Gasteiger partial charge in [-0.15, -0.1) is 0 Å². The summed E-state index contributed by atoms with van der Waals surface area (Å²) in [5.74, 6) is 0. The van der Waals surface area contributed by atoms with Crippen molar-refractivity contribution in [1.29, 1.82) is 5.41 Å². The van der Waals surface area contributed by atoms with Gasteiger partial charge in [-0.25, -0.2) is 24.9 Å². The summed E-state index contributed by atoms with van der Waals surface area (Å²) in [5.41, 5.74) is 3.25. The van der Waals surface area contributed by atoms with Gasteiger partial charge in [-0.2, -0.15) is 0 Å². The third-order valence-corrected chi connectivity index (χ3v) is 2.66. The molecule has 9 nitrogen and oxygen atoms in total. The minimum atomic E-state index is 0.396. The van der Waals surface area contributed by atoms with E-state index in [1.54, 1.807) is 30.5 Å². The Labute approximate surface area is 112 Å². The summed E-state index contributed by atoms with van der Waals surface area (Å²) in [6, 6.07) is 0. The molecular formula is C11H11N9. The first-order valence-electron chi connectivity index (χ1n) is 5.74. The smallest absolute Gasteiger partial charge is 0.182 e. The first kappa shape index (κ1) is 12.0. The molecule has 4 aromatic rings. The van der Waals surface area contributed by atoms with Crippen LogP contribution < -0.4 is 5.49 Å². The minimum Gasteiger partial charge on any atom is -0.342 e. The van der Waals surface area contributed by atoms with E-state index in [4.69, 9.17) is 5.41 Å². The van der Waals surface area contributed by atoms with Crippen LogP contribution in [0.3, 0.4) is 0 Å². The van der Waals surface area contributed by atoms with Gasteiger partial charge in [-0.1, -0.05) is 0 Å². The summed E-state index contributed by atoms with van der Waals surface area (Å²) >= 11 is 0. The molecule has 0 aliphatic rings. The maximum atomic E-state index is 7.56. The highest BCUT2D eigenvalue weighted by Crippen LogP contribution is 1.99. The molecule has 0 amide bonds. The van der Waals surface area contributed by atoms with Crippen LogP contribution in [0.5, 0.6) is 0 Å². The van der Waals surface area contributed by atoms with Gasteiger partial charge >= 0.3 is 0 Å². The largest absolute Gasteiger partial charge is 0.342 e. The van der Waals surface area contributed by atoms with Crippen molar-refractivity contribution >= 4 is 22.3 Å². The molecular weight excluding hydrogens is 258 g/mol. The van der Waals surface area contributed by atoms with Gasteiger partial charge in [0.1, 0.15) is 17.4 Å². The normalized spacial score (nSPS) is 10.4. The number of aromatic amines is 2. The van der Waals surface area contributed by atoms with Crippen LogP contribution in [0.2, 0.25) is 0 Å². The number of hydrogen-bond donors (Lipinski definition) is 3. The van der Waals surface area contributed by atoms with E-state index in [1.165, 1.54) is 12.7 Å². The van der Waals surface area contributed by atoms with Crippen molar-refractivity contribution in [2.45, 2.75) is 0 Å². The first-order valence-corrected chi connectivity index (χ1v) is 5.74. The fourth-order valence-electron chi connectivity index (χ4n) is 1.63. The second kappa shape index (κ2) is 4.88. The molecule has 0 aromatic carbocycles. The van der Waals surface area contributed by atoms with E-state index >= 15 is 0 Å². The minimum absolute atomic E-state index is 0.396. The summed E-state index contributed by atoms with van der Waals surface area (Å²) in [4.78, 5) is 25.3. The molecule has 100 valence electrons. The van der Waals surface area contributed by atoms with Crippen LogP contribution in [-0.4, -0.2) is 39.5 Å². The lowest BCUT2D eigenvalue weighted by Gasteiger charge is -1.95. The van der Waals surface area contributed by atoms with E-state index in [-0.39, 0.29) is 0 Å². The molecule has 4 rings (SSSR count). The molecule has 9 heteroatoms. The number of fused-ring (bicyclic) bond motifs is 2. The van der Waals surface area contributed by atoms with E-state index in [0.29, 0.717) is 22.3 Å². The molecule has 0 radical (unpaired) electrons. The van der Waals surface area contributed by atoms with Gasteiger partial charge in [-0.05, 0) is 0 Å². The molecule has 0 saturated heterocycles. The zero-order valence-corrected chi connectivity index (χ0v) is 10.6. The number of nitrogens with one attached hydrogen (secondary N) is 3. The van der Waals surface area contributed by atoms with Crippen LogP contribution in [0.25, 0.3) is 22.3 Å². The Morgan fingerprint density at radius 3 is 2.70 bits per heavy atom. The molecule has 4 heterocycles. The Hall–Kier alpha value is -3.10. The average Bonchev–Trinajstić information content (AvgIpc) is 3.12. The van der Waals surface area contributed by atoms with Crippen molar-refractivity contribution in [2.24, 2.45) is 7.05 Å². The lowest BCUT2D eigenvalue weighted by atomic mass is 10.5. The van der Waals surface area contributed by atoms with Crippen molar-refractivity contribution in [1.82, 2.24) is 39.5 Å². The molecule has 0 spiro atoms. The zero-order chi connectivity index (χ0) is 13.9. The number of imidazole rings is 2.